The Bertz CT molecular complexity index is 319. The van der Waals surface area contributed by atoms with Gasteiger partial charge in [0.1, 0.15) is 5.82 Å². The van der Waals surface area contributed by atoms with Crippen LogP contribution in [0.4, 0.5) is 4.39 Å². The van der Waals surface area contributed by atoms with Crippen LogP contribution >= 0.6 is 0 Å². The van der Waals surface area contributed by atoms with Crippen molar-refractivity contribution in [3.63, 3.8) is 0 Å². The first kappa shape index (κ1) is 13.2. The van der Waals surface area contributed by atoms with Crippen molar-refractivity contribution in [1.82, 2.24) is 5.32 Å². The highest BCUT2D eigenvalue weighted by atomic mass is 19.1. The highest BCUT2D eigenvalue weighted by Gasteiger charge is 2.03. The summed E-state index contributed by atoms with van der Waals surface area (Å²) < 4.78 is 13.3. The van der Waals surface area contributed by atoms with Gasteiger partial charge < -0.3 is 5.32 Å². The Balaban J connectivity index is 2.40. The molecule has 0 fully saturated rings. The first-order valence-electron chi connectivity index (χ1n) is 6.13. The lowest BCUT2D eigenvalue weighted by Crippen LogP contribution is -2.21. The third-order valence-corrected chi connectivity index (χ3v) is 3.15. The van der Waals surface area contributed by atoms with Gasteiger partial charge in [-0.05, 0) is 36.6 Å². The van der Waals surface area contributed by atoms with Crippen molar-refractivity contribution in [2.24, 2.45) is 5.92 Å². The van der Waals surface area contributed by atoms with Crippen LogP contribution in [-0.4, -0.2) is 6.54 Å². The second-order valence-corrected chi connectivity index (χ2v) is 4.40. The Morgan fingerprint density at radius 3 is 2.50 bits per heavy atom. The number of hydrogen-bond donors (Lipinski definition) is 1. The van der Waals surface area contributed by atoms with Crippen LogP contribution in [0.2, 0.25) is 0 Å². The van der Waals surface area contributed by atoms with Crippen LogP contribution in [0.25, 0.3) is 0 Å². The molecule has 0 saturated carbocycles. The van der Waals surface area contributed by atoms with Gasteiger partial charge in [0.25, 0.3) is 0 Å². The molecule has 0 heterocycles. The minimum atomic E-state index is -0.109. The molecule has 0 bridgehead atoms. The van der Waals surface area contributed by atoms with Crippen LogP contribution < -0.4 is 5.32 Å². The van der Waals surface area contributed by atoms with Gasteiger partial charge in [0.2, 0.25) is 0 Å². The van der Waals surface area contributed by atoms with Gasteiger partial charge in [-0.1, -0.05) is 38.8 Å². The maximum Gasteiger partial charge on any atom is 0.126 e. The highest BCUT2D eigenvalue weighted by molar-refractivity contribution is 5.23. The Kier molecular flexibility index (Phi) is 5.47. The summed E-state index contributed by atoms with van der Waals surface area (Å²) in [7, 11) is 0. The first-order chi connectivity index (χ1) is 7.67. The molecule has 0 atom stereocenters. The van der Waals surface area contributed by atoms with E-state index in [4.69, 9.17) is 0 Å². The Morgan fingerprint density at radius 1 is 1.25 bits per heavy atom. The minimum Gasteiger partial charge on any atom is -0.312 e. The average Bonchev–Trinajstić information content (AvgIpc) is 2.29. The smallest absolute Gasteiger partial charge is 0.126 e. The molecular weight excluding hydrogens is 201 g/mol. The van der Waals surface area contributed by atoms with Crippen molar-refractivity contribution < 1.29 is 4.39 Å². The lowest BCUT2D eigenvalue weighted by molar-refractivity contribution is 0.449. The van der Waals surface area contributed by atoms with E-state index in [-0.39, 0.29) is 5.82 Å². The van der Waals surface area contributed by atoms with Gasteiger partial charge in [-0.25, -0.2) is 4.39 Å². The molecular formula is C14H22FN. The molecule has 1 N–H and O–H groups in total. The lowest BCUT2D eigenvalue weighted by Gasteiger charge is -2.13. The van der Waals surface area contributed by atoms with E-state index in [9.17, 15) is 4.39 Å². The number of hydrogen-bond acceptors (Lipinski definition) is 1. The van der Waals surface area contributed by atoms with Crippen LogP contribution in [0, 0.1) is 18.7 Å². The molecule has 16 heavy (non-hydrogen) atoms. The van der Waals surface area contributed by atoms with E-state index in [1.807, 2.05) is 12.1 Å². The molecule has 0 unspecified atom stereocenters. The quantitative estimate of drug-likeness (QED) is 0.776. The van der Waals surface area contributed by atoms with Crippen LogP contribution in [0.3, 0.4) is 0 Å². The fraction of sp³-hybridized carbons (Fsp3) is 0.571. The number of benzene rings is 1. The third-order valence-electron chi connectivity index (χ3n) is 3.15. The standard InChI is InChI=1S/C14H22FN/c1-4-12(5-2)9-16-10-13-7-6-11(3)14(15)8-13/h6-8,12,16H,4-5,9-10H2,1-3H3. The number of nitrogens with one attached hydrogen (secondary N) is 1. The van der Waals surface area contributed by atoms with E-state index in [1.165, 1.54) is 12.8 Å². The minimum absolute atomic E-state index is 0.109. The van der Waals surface area contributed by atoms with Crippen LogP contribution in [0.5, 0.6) is 0 Å². The van der Waals surface area contributed by atoms with Crippen molar-refractivity contribution in [3.8, 4) is 0 Å². The molecule has 0 aliphatic carbocycles. The fourth-order valence-electron chi connectivity index (χ4n) is 1.74. The van der Waals surface area contributed by atoms with Crippen LogP contribution in [0.15, 0.2) is 18.2 Å². The summed E-state index contributed by atoms with van der Waals surface area (Å²) in [5, 5.41) is 3.38. The second kappa shape index (κ2) is 6.64. The predicted octanol–water partition coefficient (Wildman–Crippen LogP) is 3.66. The van der Waals surface area contributed by atoms with Crippen LogP contribution in [0.1, 0.15) is 37.8 Å². The van der Waals surface area contributed by atoms with E-state index in [1.54, 1.807) is 13.0 Å². The zero-order valence-corrected chi connectivity index (χ0v) is 10.5. The van der Waals surface area contributed by atoms with Crippen LogP contribution in [-0.2, 0) is 6.54 Å². The predicted molar refractivity (Wildman–Crippen MR) is 66.9 cm³/mol. The molecule has 90 valence electrons. The van der Waals surface area contributed by atoms with E-state index in [0.717, 1.165) is 24.6 Å². The summed E-state index contributed by atoms with van der Waals surface area (Å²) in [6.45, 7) is 7.98. The van der Waals surface area contributed by atoms with Crippen molar-refractivity contribution in [1.29, 1.82) is 0 Å². The Morgan fingerprint density at radius 2 is 1.94 bits per heavy atom. The van der Waals surface area contributed by atoms with E-state index in [2.05, 4.69) is 19.2 Å². The lowest BCUT2D eigenvalue weighted by atomic mass is 10.0. The first-order valence-corrected chi connectivity index (χ1v) is 6.13. The molecule has 1 rings (SSSR count). The van der Waals surface area contributed by atoms with Gasteiger partial charge >= 0.3 is 0 Å². The van der Waals surface area contributed by atoms with Gasteiger partial charge in [-0.2, -0.15) is 0 Å². The van der Waals surface area contributed by atoms with E-state index in [0.29, 0.717) is 5.56 Å². The van der Waals surface area contributed by atoms with Crippen molar-refractivity contribution in [3.05, 3.63) is 35.1 Å². The molecule has 0 aliphatic heterocycles. The fourth-order valence-corrected chi connectivity index (χ4v) is 1.74. The number of rotatable bonds is 6. The maximum absolute atomic E-state index is 13.3. The van der Waals surface area contributed by atoms with Crippen molar-refractivity contribution in [2.75, 3.05) is 6.54 Å². The molecule has 2 heteroatoms. The summed E-state index contributed by atoms with van der Waals surface area (Å²) >= 11 is 0. The monoisotopic (exact) mass is 223 g/mol. The molecule has 0 saturated heterocycles. The van der Waals surface area contributed by atoms with Gasteiger partial charge in [-0.3, -0.25) is 0 Å². The largest absolute Gasteiger partial charge is 0.312 e. The van der Waals surface area contributed by atoms with E-state index >= 15 is 0 Å². The van der Waals surface area contributed by atoms with Gasteiger partial charge in [-0.15, -0.1) is 0 Å². The molecule has 0 aliphatic rings. The molecule has 1 aromatic carbocycles. The highest BCUT2D eigenvalue weighted by Crippen LogP contribution is 2.10. The summed E-state index contributed by atoms with van der Waals surface area (Å²) in [4.78, 5) is 0. The Labute approximate surface area is 98.1 Å². The van der Waals surface area contributed by atoms with Crippen molar-refractivity contribution in [2.45, 2.75) is 40.2 Å². The zero-order valence-electron chi connectivity index (χ0n) is 10.5. The molecule has 1 aromatic rings. The average molecular weight is 223 g/mol. The SMILES string of the molecule is CCC(CC)CNCc1ccc(C)c(F)c1. The van der Waals surface area contributed by atoms with Gasteiger partial charge in [0.05, 0.1) is 0 Å². The van der Waals surface area contributed by atoms with Gasteiger partial charge in [0.15, 0.2) is 0 Å². The molecule has 1 nitrogen and oxygen atoms in total. The molecule has 0 aromatic heterocycles. The van der Waals surface area contributed by atoms with E-state index < -0.39 is 0 Å². The summed E-state index contributed by atoms with van der Waals surface area (Å²) in [6, 6.07) is 5.44. The molecule has 0 spiro atoms. The summed E-state index contributed by atoms with van der Waals surface area (Å²) in [5.74, 6) is 0.622. The molecule has 0 radical (unpaired) electrons. The third kappa shape index (κ3) is 3.93. The topological polar surface area (TPSA) is 12.0 Å². The zero-order chi connectivity index (χ0) is 12.0. The molecule has 0 amide bonds. The summed E-state index contributed by atoms with van der Waals surface area (Å²) in [5.41, 5.74) is 1.73. The maximum atomic E-state index is 13.3. The van der Waals surface area contributed by atoms with Gasteiger partial charge in [0, 0.05) is 6.54 Å². The van der Waals surface area contributed by atoms with Crippen molar-refractivity contribution >= 4 is 0 Å². The summed E-state index contributed by atoms with van der Waals surface area (Å²) in [6.07, 6.45) is 2.40. The Hall–Kier alpha value is -0.890. The number of aryl methyl sites for hydroxylation is 1. The normalized spacial score (nSPS) is 11.1. The number of halogens is 1. The second-order valence-electron chi connectivity index (χ2n) is 4.40.